The van der Waals surface area contributed by atoms with Crippen LogP contribution < -0.4 is 16.6 Å². The van der Waals surface area contributed by atoms with Crippen molar-refractivity contribution in [1.82, 2.24) is 14.5 Å². The normalized spacial score (nSPS) is 24.9. The van der Waals surface area contributed by atoms with Crippen molar-refractivity contribution in [2.45, 2.75) is 63.9 Å². The summed E-state index contributed by atoms with van der Waals surface area (Å²) in [6.45, 7) is 4.87. The molecule has 158 valence electrons. The Bertz CT molecular complexity index is 797. The number of hydrogen-bond donors (Lipinski definition) is 4. The number of aliphatic hydroxyl groups excluding tert-OH is 3. The van der Waals surface area contributed by atoms with Crippen molar-refractivity contribution >= 4 is 6.09 Å². The number of amides is 1. The van der Waals surface area contributed by atoms with Crippen LogP contribution in [0.1, 0.15) is 33.4 Å². The van der Waals surface area contributed by atoms with Crippen molar-refractivity contribution in [3.63, 3.8) is 0 Å². The maximum atomic E-state index is 12.6. The van der Waals surface area contributed by atoms with Crippen molar-refractivity contribution in [2.24, 2.45) is 0 Å². The Labute approximate surface area is 161 Å². The topological polar surface area (TPSA) is 152 Å². The Morgan fingerprint density at radius 2 is 1.96 bits per heavy atom. The molecule has 0 spiro atoms. The fourth-order valence-electron chi connectivity index (χ4n) is 2.78. The van der Waals surface area contributed by atoms with Gasteiger partial charge in [0.05, 0.1) is 6.61 Å². The summed E-state index contributed by atoms with van der Waals surface area (Å²) in [5.74, 6) is 0. The second-order valence-corrected chi connectivity index (χ2v) is 7.51. The predicted octanol–water partition coefficient (Wildman–Crippen LogP) is -1.46. The van der Waals surface area contributed by atoms with Gasteiger partial charge in [-0.25, -0.2) is 9.59 Å². The SMILES string of the molecule is CC(C)(C)OC(=O)NCCCn1c(=O)ccn([C@@H]2O[C@H](CO)C(O)[C@@H]2O)c1=O. The standard InChI is InChI=1S/C17H27N3O8/c1-17(2,3)28-15(25)18-6-4-7-19-11(22)5-8-20(16(19)26)14-13(24)12(23)10(9-21)27-14/h5,8,10,12-14,21,23-24H,4,6-7,9H2,1-3H3,(H,18,25)/t10-,12?,13+,14-/m1/s1. The molecule has 1 saturated heterocycles. The molecule has 0 radical (unpaired) electrons. The van der Waals surface area contributed by atoms with Crippen molar-refractivity contribution in [3.8, 4) is 0 Å². The van der Waals surface area contributed by atoms with Gasteiger partial charge in [0.25, 0.3) is 5.56 Å². The first-order valence-corrected chi connectivity index (χ1v) is 8.96. The van der Waals surface area contributed by atoms with Gasteiger partial charge < -0.3 is 30.1 Å². The molecule has 2 rings (SSSR count). The highest BCUT2D eigenvalue weighted by molar-refractivity contribution is 5.67. The van der Waals surface area contributed by atoms with Crippen LogP contribution in [0.2, 0.25) is 0 Å². The number of rotatable bonds is 6. The number of carbonyl (C=O) groups excluding carboxylic acids is 1. The molecule has 4 N–H and O–H groups in total. The Hall–Kier alpha value is -2.21. The average molecular weight is 401 g/mol. The van der Waals surface area contributed by atoms with Gasteiger partial charge in [-0.2, -0.15) is 0 Å². The molecule has 2 heterocycles. The first-order valence-electron chi connectivity index (χ1n) is 8.96. The summed E-state index contributed by atoms with van der Waals surface area (Å²) < 4.78 is 12.3. The van der Waals surface area contributed by atoms with Gasteiger partial charge in [0.2, 0.25) is 0 Å². The van der Waals surface area contributed by atoms with E-state index in [1.54, 1.807) is 20.8 Å². The van der Waals surface area contributed by atoms with E-state index in [-0.39, 0.29) is 19.5 Å². The molecule has 0 aromatic carbocycles. The molecule has 1 fully saturated rings. The first-order chi connectivity index (χ1) is 13.0. The van der Waals surface area contributed by atoms with Gasteiger partial charge >= 0.3 is 11.8 Å². The minimum atomic E-state index is -1.44. The van der Waals surface area contributed by atoms with Gasteiger partial charge in [0, 0.05) is 25.4 Å². The molecule has 1 amide bonds. The van der Waals surface area contributed by atoms with Crippen molar-refractivity contribution in [3.05, 3.63) is 33.1 Å². The van der Waals surface area contributed by atoms with E-state index in [9.17, 15) is 24.6 Å². The zero-order valence-electron chi connectivity index (χ0n) is 16.1. The van der Waals surface area contributed by atoms with Gasteiger partial charge in [-0.05, 0) is 27.2 Å². The molecule has 1 aliphatic rings. The molecule has 11 heteroatoms. The van der Waals surface area contributed by atoms with E-state index < -0.39 is 54.1 Å². The van der Waals surface area contributed by atoms with Crippen molar-refractivity contribution in [1.29, 1.82) is 0 Å². The summed E-state index contributed by atoms with van der Waals surface area (Å²) in [4.78, 5) is 36.3. The van der Waals surface area contributed by atoms with E-state index in [0.29, 0.717) is 0 Å². The van der Waals surface area contributed by atoms with E-state index in [1.165, 1.54) is 6.20 Å². The maximum Gasteiger partial charge on any atom is 0.407 e. The third-order valence-electron chi connectivity index (χ3n) is 4.11. The molecular formula is C17H27N3O8. The minimum Gasteiger partial charge on any atom is -0.444 e. The van der Waals surface area contributed by atoms with E-state index in [1.807, 2.05) is 0 Å². The molecule has 1 aromatic heterocycles. The number of nitrogens with one attached hydrogen (secondary N) is 1. The molecule has 0 aliphatic carbocycles. The van der Waals surface area contributed by atoms with Gasteiger partial charge in [-0.15, -0.1) is 0 Å². The third-order valence-corrected chi connectivity index (χ3v) is 4.11. The Morgan fingerprint density at radius 3 is 2.54 bits per heavy atom. The van der Waals surface area contributed by atoms with E-state index in [2.05, 4.69) is 5.32 Å². The minimum absolute atomic E-state index is 0.0170. The van der Waals surface area contributed by atoms with Gasteiger partial charge in [-0.1, -0.05) is 0 Å². The number of ether oxygens (including phenoxy) is 2. The first kappa shape index (κ1) is 22.1. The summed E-state index contributed by atoms with van der Waals surface area (Å²) in [6.07, 6.45) is -4.21. The van der Waals surface area contributed by atoms with Crippen LogP contribution in [0.4, 0.5) is 4.79 Å². The van der Waals surface area contributed by atoms with Crippen LogP contribution in [0.25, 0.3) is 0 Å². The second kappa shape index (κ2) is 8.86. The van der Waals surface area contributed by atoms with Gasteiger partial charge in [-0.3, -0.25) is 13.9 Å². The number of carbonyl (C=O) groups is 1. The Balaban J connectivity index is 2.05. The fourth-order valence-corrected chi connectivity index (χ4v) is 2.78. The Morgan fingerprint density at radius 1 is 1.29 bits per heavy atom. The highest BCUT2D eigenvalue weighted by atomic mass is 16.6. The lowest BCUT2D eigenvalue weighted by atomic mass is 10.1. The highest BCUT2D eigenvalue weighted by Crippen LogP contribution is 2.27. The summed E-state index contributed by atoms with van der Waals surface area (Å²) in [7, 11) is 0. The van der Waals surface area contributed by atoms with Gasteiger partial charge in [0.15, 0.2) is 6.23 Å². The average Bonchev–Trinajstić information content (AvgIpc) is 2.87. The summed E-state index contributed by atoms with van der Waals surface area (Å²) in [6, 6.07) is 1.14. The third kappa shape index (κ3) is 5.19. The smallest absolute Gasteiger partial charge is 0.407 e. The number of hydrogen-bond acceptors (Lipinski definition) is 8. The van der Waals surface area contributed by atoms with Crippen molar-refractivity contribution < 1.29 is 29.6 Å². The van der Waals surface area contributed by atoms with Crippen molar-refractivity contribution in [2.75, 3.05) is 13.2 Å². The molecule has 1 aliphatic heterocycles. The molecule has 0 bridgehead atoms. The zero-order valence-corrected chi connectivity index (χ0v) is 16.1. The second-order valence-electron chi connectivity index (χ2n) is 7.51. The van der Waals surface area contributed by atoms with Gasteiger partial charge in [0.1, 0.15) is 23.9 Å². The van der Waals surface area contributed by atoms with E-state index >= 15 is 0 Å². The lowest BCUT2D eigenvalue weighted by Crippen LogP contribution is -2.43. The molecule has 28 heavy (non-hydrogen) atoms. The number of aromatic nitrogens is 2. The summed E-state index contributed by atoms with van der Waals surface area (Å²) in [5, 5.41) is 31.6. The lowest BCUT2D eigenvalue weighted by Gasteiger charge is -2.20. The van der Waals surface area contributed by atoms with Crippen LogP contribution in [0.5, 0.6) is 0 Å². The molecule has 0 saturated carbocycles. The predicted molar refractivity (Wildman–Crippen MR) is 96.8 cm³/mol. The van der Waals surface area contributed by atoms with Crippen LogP contribution in [0, 0.1) is 0 Å². The summed E-state index contributed by atoms with van der Waals surface area (Å²) >= 11 is 0. The largest absolute Gasteiger partial charge is 0.444 e. The monoisotopic (exact) mass is 401 g/mol. The fraction of sp³-hybridized carbons (Fsp3) is 0.706. The van der Waals surface area contributed by atoms with Crippen LogP contribution in [0.15, 0.2) is 21.9 Å². The maximum absolute atomic E-state index is 12.6. The van der Waals surface area contributed by atoms with E-state index in [0.717, 1.165) is 15.2 Å². The number of nitrogens with zero attached hydrogens (tertiary/aromatic N) is 2. The quantitative estimate of drug-likeness (QED) is 0.422. The molecule has 4 atom stereocenters. The number of alkyl carbamates (subject to hydrolysis) is 1. The Kier molecular flexibility index (Phi) is 6.99. The molecule has 1 aromatic rings. The summed E-state index contributed by atoms with van der Waals surface area (Å²) in [5.41, 5.74) is -1.92. The highest BCUT2D eigenvalue weighted by Gasteiger charge is 2.43. The lowest BCUT2D eigenvalue weighted by molar-refractivity contribution is -0.0556. The van der Waals surface area contributed by atoms with Crippen LogP contribution in [-0.2, 0) is 16.0 Å². The van der Waals surface area contributed by atoms with E-state index in [4.69, 9.17) is 14.6 Å². The van der Waals surface area contributed by atoms with Crippen LogP contribution in [0.3, 0.4) is 0 Å². The molecule has 1 unspecified atom stereocenters. The number of aliphatic hydroxyl groups is 3. The van der Waals surface area contributed by atoms with Crippen LogP contribution >= 0.6 is 0 Å². The molecule has 11 nitrogen and oxygen atoms in total. The molecular weight excluding hydrogens is 374 g/mol. The zero-order chi connectivity index (χ0) is 21.1. The van der Waals surface area contributed by atoms with Crippen LogP contribution in [-0.4, -0.2) is 67.6 Å².